The van der Waals surface area contributed by atoms with E-state index in [1.54, 1.807) is 12.1 Å². The second kappa shape index (κ2) is 11.0. The van der Waals surface area contributed by atoms with Crippen LogP contribution in [0.4, 0.5) is 0 Å². The third-order valence-corrected chi connectivity index (χ3v) is 4.54. The van der Waals surface area contributed by atoms with Crippen LogP contribution in [0.2, 0.25) is 0 Å². The lowest BCUT2D eigenvalue weighted by Crippen LogP contribution is -2.34. The van der Waals surface area contributed by atoms with Crippen LogP contribution in [0.5, 0.6) is 5.75 Å². The minimum atomic E-state index is -1.50. The van der Waals surface area contributed by atoms with Gasteiger partial charge in [-0.3, -0.25) is 14.6 Å². The van der Waals surface area contributed by atoms with Crippen LogP contribution in [0.1, 0.15) is 43.5 Å². The quantitative estimate of drug-likeness (QED) is 0.381. The maximum atomic E-state index is 11.5. The van der Waals surface area contributed by atoms with Crippen molar-refractivity contribution < 1.29 is 23.6 Å². The molecule has 0 saturated heterocycles. The first-order valence-electron chi connectivity index (χ1n) is 10.2. The molecule has 7 heteroatoms. The fourth-order valence-corrected chi connectivity index (χ4v) is 3.11. The molecule has 3 aromatic rings. The molecule has 0 aliphatic heterocycles. The van der Waals surface area contributed by atoms with Gasteiger partial charge in [0.25, 0.3) is 11.9 Å². The van der Waals surface area contributed by atoms with Crippen LogP contribution in [0.3, 0.4) is 0 Å². The monoisotopic (exact) mass is 429 g/mol. The molecule has 32 heavy (non-hydrogen) atoms. The zero-order valence-electron chi connectivity index (χ0n) is 18.2. The number of aliphatic imine (C=N–C) groups is 1. The number of benzene rings is 3. The molecule has 6 nitrogen and oxygen atoms in total. The van der Waals surface area contributed by atoms with Crippen molar-refractivity contribution in [3.63, 3.8) is 0 Å². The van der Waals surface area contributed by atoms with Gasteiger partial charge in [0.05, 0.1) is 11.8 Å². The fourth-order valence-electron chi connectivity index (χ4n) is 3.11. The van der Waals surface area contributed by atoms with Gasteiger partial charge in [-0.1, -0.05) is 72.8 Å². The summed E-state index contributed by atoms with van der Waals surface area (Å²) in [7, 11) is -1.50. The Labute approximate surface area is 188 Å². The molecular formula is C25H24BNO5. The van der Waals surface area contributed by atoms with Crippen molar-refractivity contribution in [2.45, 2.75) is 26.8 Å². The van der Waals surface area contributed by atoms with Gasteiger partial charge < -0.3 is 14.0 Å². The predicted octanol–water partition coefficient (Wildman–Crippen LogP) is 4.78. The molecule has 3 aromatic carbocycles. The van der Waals surface area contributed by atoms with Crippen LogP contribution >= 0.6 is 0 Å². The molecule has 0 saturated carbocycles. The molecule has 0 N–H and O–H groups in total. The van der Waals surface area contributed by atoms with Crippen LogP contribution in [0.25, 0.3) is 0 Å². The summed E-state index contributed by atoms with van der Waals surface area (Å²) >= 11 is 0. The Morgan fingerprint density at radius 3 is 1.91 bits per heavy atom. The minimum absolute atomic E-state index is 0.128. The van der Waals surface area contributed by atoms with E-state index in [9.17, 15) is 9.59 Å². The van der Waals surface area contributed by atoms with E-state index in [0.29, 0.717) is 17.0 Å². The van der Waals surface area contributed by atoms with Gasteiger partial charge in [-0.25, -0.2) is 0 Å². The fraction of sp³-hybridized carbons (Fsp3) is 0.160. The normalized spacial score (nSPS) is 11.9. The highest BCUT2D eigenvalue weighted by Crippen LogP contribution is 2.26. The zero-order chi connectivity index (χ0) is 22.9. The number of para-hydroxylation sites is 1. The highest BCUT2D eigenvalue weighted by atomic mass is 16.8. The van der Waals surface area contributed by atoms with Gasteiger partial charge in [0.15, 0.2) is 0 Å². The predicted molar refractivity (Wildman–Crippen MR) is 123 cm³/mol. The Bertz CT molecular complexity index is 1070. The van der Waals surface area contributed by atoms with Crippen molar-refractivity contribution in [1.82, 2.24) is 0 Å². The van der Waals surface area contributed by atoms with Crippen molar-refractivity contribution in [3.05, 3.63) is 102 Å². The molecule has 3 rings (SSSR count). The van der Waals surface area contributed by atoms with Gasteiger partial charge in [0.2, 0.25) is 0 Å². The van der Waals surface area contributed by atoms with Crippen LogP contribution in [-0.2, 0) is 18.9 Å². The van der Waals surface area contributed by atoms with Gasteiger partial charge in [0.1, 0.15) is 5.75 Å². The van der Waals surface area contributed by atoms with Crippen LogP contribution < -0.4 is 4.65 Å². The summed E-state index contributed by atoms with van der Waals surface area (Å²) in [5.41, 5.74) is 3.33. The van der Waals surface area contributed by atoms with Gasteiger partial charge in [-0.05, 0) is 24.6 Å². The molecule has 0 radical (unpaired) electrons. The summed E-state index contributed by atoms with van der Waals surface area (Å²) in [5, 5.41) is 0. The van der Waals surface area contributed by atoms with E-state index in [1.165, 1.54) is 13.8 Å². The van der Waals surface area contributed by atoms with Gasteiger partial charge in [-0.2, -0.15) is 0 Å². The Kier molecular flexibility index (Phi) is 7.81. The first-order valence-corrected chi connectivity index (χ1v) is 10.2. The number of hydrogen-bond acceptors (Lipinski definition) is 6. The third-order valence-electron chi connectivity index (χ3n) is 4.54. The van der Waals surface area contributed by atoms with Gasteiger partial charge in [0, 0.05) is 25.0 Å². The number of rotatable bonds is 8. The van der Waals surface area contributed by atoms with E-state index in [2.05, 4.69) is 0 Å². The topological polar surface area (TPSA) is 74.2 Å². The molecule has 0 aliphatic carbocycles. The van der Waals surface area contributed by atoms with Crippen molar-refractivity contribution in [1.29, 1.82) is 0 Å². The second-order valence-electron chi connectivity index (χ2n) is 7.05. The van der Waals surface area contributed by atoms with Crippen LogP contribution in [0, 0.1) is 0 Å². The van der Waals surface area contributed by atoms with Crippen molar-refractivity contribution in [2.24, 2.45) is 4.99 Å². The lowest BCUT2D eigenvalue weighted by molar-refractivity contribution is -0.139. The standard InChI is InChI=1S/C25H24BNO5/c1-18(21-12-6-4-7-13-21)27-25(22-14-8-5-9-15-22)23-16-10-11-17-24(23)32-26(30-19(2)28)31-20(3)29/h4-18H,1-3H3/t18-/m1/s1. The van der Waals surface area contributed by atoms with Gasteiger partial charge in [-0.15, -0.1) is 0 Å². The second-order valence-corrected chi connectivity index (χ2v) is 7.05. The Balaban J connectivity index is 2.05. The maximum absolute atomic E-state index is 11.5. The molecule has 0 aromatic heterocycles. The summed E-state index contributed by atoms with van der Waals surface area (Å²) < 4.78 is 15.8. The molecule has 0 heterocycles. The van der Waals surface area contributed by atoms with E-state index in [-0.39, 0.29) is 6.04 Å². The maximum Gasteiger partial charge on any atom is 0.868 e. The molecule has 162 valence electrons. The number of nitrogens with zero attached hydrogens (tertiary/aromatic N) is 1. The SMILES string of the molecule is CC(=O)OB(OC(C)=O)Oc1ccccc1C(=N[C@H](C)c1ccccc1)c1ccccc1. The minimum Gasteiger partial charge on any atom is -0.489 e. The highest BCUT2D eigenvalue weighted by molar-refractivity contribution is 6.42. The van der Waals surface area contributed by atoms with E-state index in [4.69, 9.17) is 19.0 Å². The Hall–Kier alpha value is -3.87. The molecule has 1 atom stereocenters. The summed E-state index contributed by atoms with van der Waals surface area (Å²) in [5.74, 6) is -0.908. The van der Waals surface area contributed by atoms with Crippen LogP contribution in [0.15, 0.2) is 89.9 Å². The summed E-state index contributed by atoms with van der Waals surface area (Å²) in [6.07, 6.45) is 0. The highest BCUT2D eigenvalue weighted by Gasteiger charge is 2.33. The molecule has 0 spiro atoms. The molecule has 0 unspecified atom stereocenters. The first kappa shape index (κ1) is 22.8. The lowest BCUT2D eigenvalue weighted by atomic mass is 9.99. The average molecular weight is 429 g/mol. The summed E-state index contributed by atoms with van der Waals surface area (Å²) in [6, 6.07) is 26.8. The van der Waals surface area contributed by atoms with E-state index in [0.717, 1.165) is 11.1 Å². The van der Waals surface area contributed by atoms with E-state index in [1.807, 2.05) is 79.7 Å². The van der Waals surface area contributed by atoms with Crippen molar-refractivity contribution in [2.75, 3.05) is 0 Å². The number of carbonyl (C=O) groups is 2. The Morgan fingerprint density at radius 2 is 1.31 bits per heavy atom. The van der Waals surface area contributed by atoms with Crippen molar-refractivity contribution >= 4 is 25.0 Å². The van der Waals surface area contributed by atoms with Gasteiger partial charge >= 0.3 is 7.32 Å². The number of carbonyl (C=O) groups excluding carboxylic acids is 2. The average Bonchev–Trinajstić information content (AvgIpc) is 2.78. The Morgan fingerprint density at radius 1 is 0.781 bits per heavy atom. The summed E-state index contributed by atoms with van der Waals surface area (Å²) in [4.78, 5) is 27.9. The summed E-state index contributed by atoms with van der Waals surface area (Å²) in [6.45, 7) is 4.44. The molecule has 0 bridgehead atoms. The molecule has 0 aliphatic rings. The third kappa shape index (κ3) is 6.31. The largest absolute Gasteiger partial charge is 0.868 e. The van der Waals surface area contributed by atoms with Crippen molar-refractivity contribution in [3.8, 4) is 5.75 Å². The smallest absolute Gasteiger partial charge is 0.489 e. The first-order chi connectivity index (χ1) is 15.4. The molecule has 0 amide bonds. The zero-order valence-corrected chi connectivity index (χ0v) is 18.2. The van der Waals surface area contributed by atoms with E-state index >= 15 is 0 Å². The van der Waals surface area contributed by atoms with Crippen LogP contribution in [-0.4, -0.2) is 25.0 Å². The molecular weight excluding hydrogens is 405 g/mol. The molecule has 0 fully saturated rings. The van der Waals surface area contributed by atoms with E-state index < -0.39 is 19.3 Å². The number of hydrogen-bond donors (Lipinski definition) is 0. The lowest BCUT2D eigenvalue weighted by Gasteiger charge is -2.18.